The second kappa shape index (κ2) is 7.88. The predicted octanol–water partition coefficient (Wildman–Crippen LogP) is 3.09. The van der Waals surface area contributed by atoms with Crippen LogP contribution in [-0.4, -0.2) is 11.5 Å². The van der Waals surface area contributed by atoms with Crippen molar-refractivity contribution in [3.05, 3.63) is 0 Å². The van der Waals surface area contributed by atoms with Crippen molar-refractivity contribution >= 4 is 21.7 Å². The molecule has 0 spiro atoms. The van der Waals surface area contributed by atoms with E-state index in [0.717, 1.165) is 11.8 Å². The average molecular weight is 180 g/mol. The Morgan fingerprint density at radius 1 is 0.900 bits per heavy atom. The van der Waals surface area contributed by atoms with E-state index in [4.69, 9.17) is 0 Å². The molecule has 0 amide bonds. The molecule has 0 aliphatic rings. The zero-order chi connectivity index (χ0) is 7.28. The van der Waals surface area contributed by atoms with Gasteiger partial charge in [-0.2, -0.15) is 21.7 Å². The summed E-state index contributed by atoms with van der Waals surface area (Å²) in [6, 6.07) is 0. The highest BCUT2D eigenvalue weighted by atomic mass is 32.2. The molecule has 1 atom stereocenters. The van der Waals surface area contributed by atoms with E-state index < -0.39 is 0 Å². The van der Waals surface area contributed by atoms with Gasteiger partial charge in [-0.25, -0.2) is 0 Å². The van der Waals surface area contributed by atoms with Crippen LogP contribution in [0.2, 0.25) is 0 Å². The van der Waals surface area contributed by atoms with Crippen molar-refractivity contribution < 1.29 is 0 Å². The minimum atomic E-state index is 0. The van der Waals surface area contributed by atoms with Crippen molar-refractivity contribution in [3.63, 3.8) is 0 Å². The highest BCUT2D eigenvalue weighted by Crippen LogP contribution is 2.11. The second-order valence-electron chi connectivity index (χ2n) is 3.33. The van der Waals surface area contributed by atoms with Crippen LogP contribution in [0.25, 0.3) is 0 Å². The SMILES string of the molecule is CC(C)CSCC(C)C.P. The van der Waals surface area contributed by atoms with Gasteiger partial charge < -0.3 is 0 Å². The molecule has 0 nitrogen and oxygen atoms in total. The maximum Gasteiger partial charge on any atom is -0.00443 e. The Kier molecular flexibility index (Phi) is 10.5. The lowest BCUT2D eigenvalue weighted by Crippen LogP contribution is -1.96. The first-order valence-electron chi connectivity index (χ1n) is 3.70. The largest absolute Gasteiger partial charge is 0.161 e. The van der Waals surface area contributed by atoms with Gasteiger partial charge in [0.1, 0.15) is 0 Å². The molecule has 64 valence electrons. The summed E-state index contributed by atoms with van der Waals surface area (Å²) in [6.07, 6.45) is 0. The second-order valence-corrected chi connectivity index (χ2v) is 4.40. The van der Waals surface area contributed by atoms with Gasteiger partial charge in [-0.05, 0) is 23.3 Å². The Bertz CT molecular complexity index is 54.3. The molecule has 0 aromatic heterocycles. The van der Waals surface area contributed by atoms with Crippen molar-refractivity contribution in [2.24, 2.45) is 11.8 Å². The smallest absolute Gasteiger partial charge is 0.00443 e. The molecule has 0 heterocycles. The van der Waals surface area contributed by atoms with E-state index in [1.807, 2.05) is 0 Å². The molecule has 0 aromatic rings. The fourth-order valence-corrected chi connectivity index (χ4v) is 1.62. The highest BCUT2D eigenvalue weighted by molar-refractivity contribution is 7.99. The fraction of sp³-hybridized carbons (Fsp3) is 1.00. The third kappa shape index (κ3) is 11.6. The van der Waals surface area contributed by atoms with Gasteiger partial charge in [0.15, 0.2) is 0 Å². The first kappa shape index (κ1) is 13.4. The van der Waals surface area contributed by atoms with E-state index in [1.165, 1.54) is 11.5 Å². The lowest BCUT2D eigenvalue weighted by Gasteiger charge is -2.05. The summed E-state index contributed by atoms with van der Waals surface area (Å²) >= 11 is 2.07. The number of hydrogen-bond acceptors (Lipinski definition) is 1. The molecule has 0 aliphatic heterocycles. The first-order chi connectivity index (χ1) is 4.13. The van der Waals surface area contributed by atoms with Crippen LogP contribution in [0.1, 0.15) is 27.7 Å². The van der Waals surface area contributed by atoms with Gasteiger partial charge in [0, 0.05) is 0 Å². The van der Waals surface area contributed by atoms with E-state index in [1.54, 1.807) is 0 Å². The minimum absolute atomic E-state index is 0. The number of thioether (sulfide) groups is 1. The van der Waals surface area contributed by atoms with Gasteiger partial charge in [-0.3, -0.25) is 0 Å². The Balaban J connectivity index is 0. The molecule has 0 saturated carbocycles. The standard InChI is InChI=1S/C8H18S.H3P/c1-7(2)5-9-6-8(3)4;/h7-8H,5-6H2,1-4H3;1H3. The molecule has 0 N–H and O–H groups in total. The van der Waals surface area contributed by atoms with E-state index in [0.29, 0.717) is 0 Å². The molecule has 0 saturated heterocycles. The molecule has 0 radical (unpaired) electrons. The van der Waals surface area contributed by atoms with Crippen LogP contribution >= 0.6 is 21.7 Å². The van der Waals surface area contributed by atoms with Gasteiger partial charge in [-0.15, -0.1) is 0 Å². The van der Waals surface area contributed by atoms with Crippen LogP contribution in [0.15, 0.2) is 0 Å². The summed E-state index contributed by atoms with van der Waals surface area (Å²) < 4.78 is 0. The van der Waals surface area contributed by atoms with Gasteiger partial charge in [0.25, 0.3) is 0 Å². The molecule has 0 aromatic carbocycles. The van der Waals surface area contributed by atoms with E-state index in [2.05, 4.69) is 39.5 Å². The van der Waals surface area contributed by atoms with Gasteiger partial charge in [-0.1, -0.05) is 27.7 Å². The Labute approximate surface area is 73.2 Å². The summed E-state index contributed by atoms with van der Waals surface area (Å²) in [7, 11) is 0. The third-order valence-corrected chi connectivity index (χ3v) is 2.71. The van der Waals surface area contributed by atoms with Gasteiger partial charge >= 0.3 is 0 Å². The molecule has 0 aliphatic carbocycles. The van der Waals surface area contributed by atoms with Crippen LogP contribution in [0.4, 0.5) is 0 Å². The monoisotopic (exact) mass is 180 g/mol. The lowest BCUT2D eigenvalue weighted by molar-refractivity contribution is 0.730. The topological polar surface area (TPSA) is 0 Å². The Morgan fingerprint density at radius 2 is 1.20 bits per heavy atom. The van der Waals surface area contributed by atoms with Gasteiger partial charge in [0.2, 0.25) is 0 Å². The van der Waals surface area contributed by atoms with Crippen molar-refractivity contribution in [2.75, 3.05) is 11.5 Å². The van der Waals surface area contributed by atoms with Crippen LogP contribution in [0.3, 0.4) is 0 Å². The van der Waals surface area contributed by atoms with Crippen LogP contribution in [0.5, 0.6) is 0 Å². The fourth-order valence-electron chi connectivity index (χ4n) is 0.539. The molecular weight excluding hydrogens is 159 g/mol. The zero-order valence-corrected chi connectivity index (χ0v) is 9.91. The maximum atomic E-state index is 2.27. The van der Waals surface area contributed by atoms with Gasteiger partial charge in [0.05, 0.1) is 0 Å². The molecule has 0 fully saturated rings. The minimum Gasteiger partial charge on any atom is -0.161 e. The summed E-state index contributed by atoms with van der Waals surface area (Å²) in [5.41, 5.74) is 0. The van der Waals surface area contributed by atoms with Crippen LogP contribution < -0.4 is 0 Å². The molecule has 0 bridgehead atoms. The molecule has 2 heteroatoms. The highest BCUT2D eigenvalue weighted by Gasteiger charge is 1.95. The molecule has 10 heavy (non-hydrogen) atoms. The van der Waals surface area contributed by atoms with Crippen LogP contribution in [0, 0.1) is 11.8 Å². The van der Waals surface area contributed by atoms with Crippen molar-refractivity contribution in [1.29, 1.82) is 0 Å². The first-order valence-corrected chi connectivity index (χ1v) is 4.86. The predicted molar refractivity (Wildman–Crippen MR) is 58.1 cm³/mol. The van der Waals surface area contributed by atoms with E-state index in [-0.39, 0.29) is 9.90 Å². The van der Waals surface area contributed by atoms with Crippen LogP contribution in [-0.2, 0) is 0 Å². The zero-order valence-electron chi connectivity index (χ0n) is 7.68. The summed E-state index contributed by atoms with van der Waals surface area (Å²) in [4.78, 5) is 0. The van der Waals surface area contributed by atoms with E-state index >= 15 is 0 Å². The average Bonchev–Trinajstić information content (AvgIpc) is 1.63. The number of hydrogen-bond donors (Lipinski definition) is 0. The Hall–Kier alpha value is 0.780. The molecular formula is C8H21PS. The lowest BCUT2D eigenvalue weighted by atomic mass is 10.3. The van der Waals surface area contributed by atoms with Crippen molar-refractivity contribution in [1.82, 2.24) is 0 Å². The van der Waals surface area contributed by atoms with E-state index in [9.17, 15) is 0 Å². The van der Waals surface area contributed by atoms with Crippen molar-refractivity contribution in [2.45, 2.75) is 27.7 Å². The normalized spacial score (nSPS) is 10.2. The summed E-state index contributed by atoms with van der Waals surface area (Å²) in [6.45, 7) is 9.08. The maximum absolute atomic E-state index is 2.27. The quantitative estimate of drug-likeness (QED) is 0.599. The molecule has 0 rings (SSSR count). The molecule has 1 unspecified atom stereocenters. The summed E-state index contributed by atoms with van der Waals surface area (Å²) in [5.74, 6) is 4.35. The van der Waals surface area contributed by atoms with Crippen molar-refractivity contribution in [3.8, 4) is 0 Å². The number of rotatable bonds is 4. The summed E-state index contributed by atoms with van der Waals surface area (Å²) in [5, 5.41) is 0. The third-order valence-electron chi connectivity index (χ3n) is 0.902. The Morgan fingerprint density at radius 3 is 1.40 bits per heavy atom.